The molecule has 5 rings (SSSR count). The molecule has 6 nitrogen and oxygen atoms in total. The van der Waals surface area contributed by atoms with Crippen LogP contribution in [0.1, 0.15) is 37.2 Å². The van der Waals surface area contributed by atoms with Gasteiger partial charge in [-0.3, -0.25) is 10.2 Å². The topological polar surface area (TPSA) is 63.2 Å². The fraction of sp³-hybridized carbons (Fsp3) is 0.550. The Kier molecular flexibility index (Phi) is 4.68. The second-order valence-electron chi connectivity index (χ2n) is 8.13. The average Bonchev–Trinajstić information content (AvgIpc) is 3.15. The van der Waals surface area contributed by atoms with E-state index in [1.807, 2.05) is 4.90 Å². The lowest BCUT2D eigenvalue weighted by molar-refractivity contribution is 0.185. The minimum absolute atomic E-state index is 0.0923. The minimum Gasteiger partial charge on any atom is -0.461 e. The summed E-state index contributed by atoms with van der Waals surface area (Å²) in [6.07, 6.45) is 2.33. The molecule has 0 bridgehead atoms. The summed E-state index contributed by atoms with van der Waals surface area (Å²) in [6.45, 7) is 6.06. The molecular weight excluding hydrogens is 400 g/mol. The number of alkyl halides is 1. The van der Waals surface area contributed by atoms with Gasteiger partial charge in [0, 0.05) is 19.5 Å². The van der Waals surface area contributed by atoms with E-state index < -0.39 is 17.5 Å². The van der Waals surface area contributed by atoms with Crippen LogP contribution in [0.2, 0.25) is 5.15 Å². The smallest absolute Gasteiger partial charge is 0.227 e. The molecule has 2 saturated heterocycles. The molecule has 2 fully saturated rings. The number of rotatable bonds is 1. The van der Waals surface area contributed by atoms with Crippen molar-refractivity contribution in [3.8, 4) is 5.88 Å². The molecule has 0 saturated carbocycles. The summed E-state index contributed by atoms with van der Waals surface area (Å²) in [5.41, 5.74) is 1.11. The summed E-state index contributed by atoms with van der Waals surface area (Å²) in [4.78, 5) is 15.6. The maximum Gasteiger partial charge on any atom is 0.227 e. The Labute approximate surface area is 172 Å². The molecule has 2 aromatic heterocycles. The summed E-state index contributed by atoms with van der Waals surface area (Å²) in [7, 11) is 0. The van der Waals surface area contributed by atoms with Gasteiger partial charge in [-0.1, -0.05) is 23.8 Å². The van der Waals surface area contributed by atoms with Crippen LogP contribution in [0.15, 0.2) is 12.2 Å². The van der Waals surface area contributed by atoms with E-state index in [1.165, 1.54) is 0 Å². The fourth-order valence-electron chi connectivity index (χ4n) is 4.84. The molecule has 9 heteroatoms. The van der Waals surface area contributed by atoms with Crippen LogP contribution < -0.4 is 10.1 Å². The summed E-state index contributed by atoms with van der Waals surface area (Å²) in [5.74, 6) is -0.0260. The number of hydrogen-bond donors (Lipinski definition) is 1. The van der Waals surface area contributed by atoms with Crippen molar-refractivity contribution in [1.29, 1.82) is 0 Å². The molecule has 0 amide bonds. The Balaban J connectivity index is 1.74. The van der Waals surface area contributed by atoms with Crippen molar-refractivity contribution >= 4 is 22.5 Å². The second-order valence-corrected chi connectivity index (χ2v) is 8.48. The maximum absolute atomic E-state index is 15.0. The van der Waals surface area contributed by atoms with Crippen LogP contribution in [0.5, 0.6) is 5.88 Å². The van der Waals surface area contributed by atoms with Crippen LogP contribution >= 0.6 is 11.6 Å². The first-order chi connectivity index (χ1) is 14.0. The highest BCUT2D eigenvalue weighted by Gasteiger charge is 2.53. The number of hydrogen-bond acceptors (Lipinski definition) is 6. The van der Waals surface area contributed by atoms with Crippen molar-refractivity contribution < 1.29 is 13.5 Å². The number of ether oxygens (including phenoxy) is 1. The molecular formula is C20H22ClF2N5O. The van der Waals surface area contributed by atoms with Crippen molar-refractivity contribution in [2.24, 2.45) is 0 Å². The Morgan fingerprint density at radius 2 is 2.14 bits per heavy atom. The number of nitrogens with one attached hydrogen (secondary N) is 1. The number of halogens is 3. The van der Waals surface area contributed by atoms with Crippen molar-refractivity contribution in [3.05, 3.63) is 34.6 Å². The lowest BCUT2D eigenvalue weighted by Gasteiger charge is -2.30. The van der Waals surface area contributed by atoms with Gasteiger partial charge < -0.3 is 4.74 Å². The first-order valence-electron chi connectivity index (χ1n) is 9.93. The van der Waals surface area contributed by atoms with E-state index in [1.54, 1.807) is 0 Å². The number of aromatic nitrogens is 3. The fourth-order valence-corrected chi connectivity index (χ4v) is 5.00. The first kappa shape index (κ1) is 19.1. The SMILES string of the molecule is C=C1CN2CC(F)CC2(c2nc3c4c(nc(Cl)c(F)c4n2)OCNCCCC3)C1. The average molecular weight is 422 g/mol. The van der Waals surface area contributed by atoms with Crippen molar-refractivity contribution in [1.82, 2.24) is 25.2 Å². The van der Waals surface area contributed by atoms with Gasteiger partial charge >= 0.3 is 0 Å². The number of fused-ring (bicyclic) bond motifs is 1. The largest absolute Gasteiger partial charge is 0.461 e. The van der Waals surface area contributed by atoms with E-state index in [0.29, 0.717) is 42.8 Å². The zero-order chi connectivity index (χ0) is 20.2. The summed E-state index contributed by atoms with van der Waals surface area (Å²) < 4.78 is 35.1. The standard InChI is InChI=1S/C20H22ClF2N5O/c1-11-6-20(7-12(22)9-28(20)8-11)19-25-13-4-2-3-5-24-10-29-18-14(13)16(26-19)15(23)17(21)27-18/h12,24H,1-10H2. The molecule has 0 aromatic carbocycles. The number of nitrogens with zero attached hydrogens (tertiary/aromatic N) is 4. The van der Waals surface area contributed by atoms with Gasteiger partial charge in [0.2, 0.25) is 5.88 Å². The molecule has 29 heavy (non-hydrogen) atoms. The Bertz CT molecular complexity index is 1000. The molecule has 154 valence electrons. The lowest BCUT2D eigenvalue weighted by Crippen LogP contribution is -2.37. The third-order valence-electron chi connectivity index (χ3n) is 6.07. The van der Waals surface area contributed by atoms with E-state index in [2.05, 4.69) is 21.9 Å². The van der Waals surface area contributed by atoms with Crippen LogP contribution in [0.4, 0.5) is 8.78 Å². The second kappa shape index (κ2) is 7.11. The van der Waals surface area contributed by atoms with Gasteiger partial charge in [-0.15, -0.1) is 0 Å². The van der Waals surface area contributed by atoms with Gasteiger partial charge in [0.25, 0.3) is 0 Å². The van der Waals surface area contributed by atoms with Crippen molar-refractivity contribution in [2.75, 3.05) is 26.4 Å². The number of pyridine rings is 1. The summed E-state index contributed by atoms with van der Waals surface area (Å²) in [6, 6.07) is 0. The highest BCUT2D eigenvalue weighted by Crippen LogP contribution is 2.48. The highest BCUT2D eigenvalue weighted by atomic mass is 35.5. The van der Waals surface area contributed by atoms with Gasteiger partial charge in [0.05, 0.1) is 16.6 Å². The quantitative estimate of drug-likeness (QED) is 0.563. The van der Waals surface area contributed by atoms with Gasteiger partial charge in [0.1, 0.15) is 24.2 Å². The normalized spacial score (nSPS) is 27.8. The summed E-state index contributed by atoms with van der Waals surface area (Å²) in [5, 5.41) is 3.32. The van der Waals surface area contributed by atoms with Crippen LogP contribution in [-0.2, 0) is 12.0 Å². The van der Waals surface area contributed by atoms with Gasteiger partial charge in [-0.05, 0) is 32.2 Å². The molecule has 3 aliphatic rings. The molecule has 2 unspecified atom stereocenters. The molecule has 2 aromatic rings. The predicted molar refractivity (Wildman–Crippen MR) is 105 cm³/mol. The van der Waals surface area contributed by atoms with Gasteiger partial charge in [-0.25, -0.2) is 18.7 Å². The number of aryl methyl sites for hydroxylation is 1. The highest BCUT2D eigenvalue weighted by molar-refractivity contribution is 6.30. The van der Waals surface area contributed by atoms with E-state index in [4.69, 9.17) is 21.3 Å². The molecule has 0 radical (unpaired) electrons. The molecule has 0 aliphatic carbocycles. The van der Waals surface area contributed by atoms with Crippen LogP contribution in [-0.4, -0.2) is 52.4 Å². The zero-order valence-corrected chi connectivity index (χ0v) is 16.7. The van der Waals surface area contributed by atoms with E-state index in [9.17, 15) is 4.39 Å². The van der Waals surface area contributed by atoms with Crippen LogP contribution in [0.25, 0.3) is 10.9 Å². The molecule has 0 spiro atoms. The van der Waals surface area contributed by atoms with Crippen LogP contribution in [0, 0.1) is 5.82 Å². The Morgan fingerprint density at radius 3 is 3.00 bits per heavy atom. The summed E-state index contributed by atoms with van der Waals surface area (Å²) >= 11 is 6.05. The first-order valence-corrected chi connectivity index (χ1v) is 10.3. The minimum atomic E-state index is -0.965. The molecule has 5 heterocycles. The molecule has 3 aliphatic heterocycles. The van der Waals surface area contributed by atoms with E-state index >= 15 is 4.39 Å². The predicted octanol–water partition coefficient (Wildman–Crippen LogP) is 3.28. The lowest BCUT2D eigenvalue weighted by atomic mass is 9.90. The molecule has 2 atom stereocenters. The Hall–Kier alpha value is -1.90. The molecule has 1 N–H and O–H groups in total. The van der Waals surface area contributed by atoms with Gasteiger partial charge in [-0.2, -0.15) is 4.98 Å². The van der Waals surface area contributed by atoms with E-state index in [0.717, 1.165) is 25.0 Å². The Morgan fingerprint density at radius 1 is 1.28 bits per heavy atom. The monoisotopic (exact) mass is 421 g/mol. The van der Waals surface area contributed by atoms with Crippen LogP contribution in [0.3, 0.4) is 0 Å². The zero-order valence-electron chi connectivity index (χ0n) is 16.0. The third kappa shape index (κ3) is 3.08. The third-order valence-corrected chi connectivity index (χ3v) is 6.32. The van der Waals surface area contributed by atoms with Crippen molar-refractivity contribution in [3.63, 3.8) is 0 Å². The van der Waals surface area contributed by atoms with Gasteiger partial charge in [0.15, 0.2) is 11.0 Å². The van der Waals surface area contributed by atoms with E-state index in [-0.39, 0.29) is 29.7 Å². The van der Waals surface area contributed by atoms with Crippen molar-refractivity contribution in [2.45, 2.75) is 43.8 Å². The maximum atomic E-state index is 15.0.